The first-order valence-corrected chi connectivity index (χ1v) is 12.3. The van der Waals surface area contributed by atoms with E-state index in [0.717, 1.165) is 34.2 Å². The lowest BCUT2D eigenvalue weighted by atomic mass is 9.92. The van der Waals surface area contributed by atoms with Gasteiger partial charge in [-0.25, -0.2) is 0 Å². The average molecular weight is 482 g/mol. The molecule has 2 aliphatic heterocycles. The van der Waals surface area contributed by atoms with Crippen molar-refractivity contribution in [2.24, 2.45) is 0 Å². The third kappa shape index (κ3) is 4.40. The highest BCUT2D eigenvalue weighted by atomic mass is 16.6. The molecular weight excluding hydrogens is 450 g/mol. The summed E-state index contributed by atoms with van der Waals surface area (Å²) < 4.78 is 0. The molecule has 2 heterocycles. The number of carbonyl (C=O) groups is 2. The molecule has 6 heteroatoms. The first-order chi connectivity index (χ1) is 17.5. The Hall–Kier alpha value is -3.90. The Bertz CT molecular complexity index is 1350. The second-order valence-electron chi connectivity index (χ2n) is 9.48. The fourth-order valence-corrected chi connectivity index (χ4v) is 5.30. The molecule has 1 atom stereocenters. The molecule has 0 aromatic heterocycles. The number of hydrogen-bond donors (Lipinski definition) is 1. The zero-order chi connectivity index (χ0) is 25.2. The maximum atomic E-state index is 14.2. The molecule has 6 nitrogen and oxygen atoms in total. The molecule has 0 aliphatic carbocycles. The fraction of sp³-hybridized carbons (Fsp3) is 0.267. The normalized spacial score (nSPS) is 17.0. The van der Waals surface area contributed by atoms with E-state index in [2.05, 4.69) is 17.6 Å². The third-order valence-electron chi connectivity index (χ3n) is 7.16. The Morgan fingerprint density at radius 2 is 1.58 bits per heavy atom. The number of nitrogens with one attached hydrogen (secondary N) is 1. The molecule has 0 spiro atoms. The summed E-state index contributed by atoms with van der Waals surface area (Å²) in [7, 11) is 1.53. The highest BCUT2D eigenvalue weighted by Crippen LogP contribution is 2.33. The molecule has 5 rings (SSSR count). The summed E-state index contributed by atoms with van der Waals surface area (Å²) in [5, 5.41) is 0. The molecular formula is C30H31N3O3. The van der Waals surface area contributed by atoms with Gasteiger partial charge in [-0.1, -0.05) is 66.7 Å². The lowest BCUT2D eigenvalue weighted by Gasteiger charge is -2.33. The van der Waals surface area contributed by atoms with Crippen LogP contribution in [0.3, 0.4) is 0 Å². The molecule has 0 saturated carbocycles. The van der Waals surface area contributed by atoms with Crippen molar-refractivity contribution < 1.29 is 14.4 Å². The summed E-state index contributed by atoms with van der Waals surface area (Å²) in [5.74, 6) is -0.233. The van der Waals surface area contributed by atoms with Crippen molar-refractivity contribution in [1.29, 1.82) is 0 Å². The summed E-state index contributed by atoms with van der Waals surface area (Å²) in [5.41, 5.74) is 10.5. The number of benzene rings is 3. The van der Waals surface area contributed by atoms with Crippen LogP contribution in [0.25, 0.3) is 11.1 Å². The topological polar surface area (TPSA) is 61.9 Å². The molecule has 2 amide bonds. The standard InChI is InChI=1S/C30H31N3O3/c1-20-9-4-7-13-25(20)26-14-8-10-21(2)28(26)30(35)33-19-24(31-36-3)17-27(33)29(34)32-16-15-22-11-5-6-12-23(22)18-32/h4-14,19,27,31H,15-18H2,1-3H3. The van der Waals surface area contributed by atoms with Crippen LogP contribution in [-0.2, 0) is 22.6 Å². The third-order valence-corrected chi connectivity index (χ3v) is 7.16. The van der Waals surface area contributed by atoms with Gasteiger partial charge in [0, 0.05) is 25.7 Å². The monoisotopic (exact) mass is 481 g/mol. The van der Waals surface area contributed by atoms with E-state index < -0.39 is 6.04 Å². The van der Waals surface area contributed by atoms with Crippen molar-refractivity contribution in [3.8, 4) is 11.1 Å². The molecule has 2 aliphatic rings. The van der Waals surface area contributed by atoms with Crippen molar-refractivity contribution in [3.63, 3.8) is 0 Å². The van der Waals surface area contributed by atoms with Crippen LogP contribution in [-0.4, -0.2) is 41.3 Å². The van der Waals surface area contributed by atoms with Gasteiger partial charge in [0.2, 0.25) is 5.91 Å². The molecule has 0 bridgehead atoms. The van der Waals surface area contributed by atoms with Crippen LogP contribution in [0.2, 0.25) is 0 Å². The number of aryl methyl sites for hydroxylation is 2. The van der Waals surface area contributed by atoms with Crippen molar-refractivity contribution in [2.45, 2.75) is 39.3 Å². The van der Waals surface area contributed by atoms with E-state index in [1.165, 1.54) is 12.7 Å². The van der Waals surface area contributed by atoms with Gasteiger partial charge in [0.05, 0.1) is 18.4 Å². The predicted octanol–water partition coefficient (Wildman–Crippen LogP) is 4.76. The predicted molar refractivity (Wildman–Crippen MR) is 140 cm³/mol. The van der Waals surface area contributed by atoms with Crippen molar-refractivity contribution in [2.75, 3.05) is 13.7 Å². The molecule has 1 N–H and O–H groups in total. The second-order valence-corrected chi connectivity index (χ2v) is 9.48. The van der Waals surface area contributed by atoms with Gasteiger partial charge < -0.3 is 9.80 Å². The zero-order valence-corrected chi connectivity index (χ0v) is 21.0. The molecule has 1 unspecified atom stereocenters. The fourth-order valence-electron chi connectivity index (χ4n) is 5.30. The molecule has 3 aromatic carbocycles. The van der Waals surface area contributed by atoms with Gasteiger partial charge in [0.15, 0.2) is 0 Å². The first-order valence-electron chi connectivity index (χ1n) is 12.3. The molecule has 0 fully saturated rings. The van der Waals surface area contributed by atoms with Gasteiger partial charge in [-0.2, -0.15) is 0 Å². The molecule has 3 aromatic rings. The minimum Gasteiger partial charge on any atom is -0.336 e. The van der Waals surface area contributed by atoms with Gasteiger partial charge >= 0.3 is 0 Å². The quantitative estimate of drug-likeness (QED) is 0.534. The van der Waals surface area contributed by atoms with E-state index in [9.17, 15) is 9.59 Å². The number of nitrogens with zero attached hydrogens (tertiary/aromatic N) is 2. The maximum absolute atomic E-state index is 14.2. The maximum Gasteiger partial charge on any atom is 0.259 e. The van der Waals surface area contributed by atoms with Gasteiger partial charge in [0.25, 0.3) is 5.91 Å². The Balaban J connectivity index is 1.50. The van der Waals surface area contributed by atoms with E-state index in [4.69, 9.17) is 4.84 Å². The summed E-state index contributed by atoms with van der Waals surface area (Å²) in [6.45, 7) is 5.18. The van der Waals surface area contributed by atoms with Crippen LogP contribution in [0.1, 0.15) is 39.0 Å². The Labute approximate surface area is 212 Å². The van der Waals surface area contributed by atoms with Gasteiger partial charge in [-0.3, -0.25) is 19.9 Å². The van der Waals surface area contributed by atoms with Gasteiger partial charge in [-0.05, 0) is 53.6 Å². The van der Waals surface area contributed by atoms with Gasteiger partial charge in [-0.15, -0.1) is 0 Å². The number of hydroxylamine groups is 1. The molecule has 0 saturated heterocycles. The first kappa shape index (κ1) is 23.8. The number of hydrogen-bond acceptors (Lipinski definition) is 4. The van der Waals surface area contributed by atoms with Crippen molar-refractivity contribution >= 4 is 11.8 Å². The Morgan fingerprint density at radius 1 is 0.889 bits per heavy atom. The highest BCUT2D eigenvalue weighted by molar-refractivity contribution is 6.05. The summed E-state index contributed by atoms with van der Waals surface area (Å²) in [6.07, 6.45) is 2.91. The van der Waals surface area contributed by atoms with Crippen LogP contribution < -0.4 is 5.48 Å². The summed E-state index contributed by atoms with van der Waals surface area (Å²) >= 11 is 0. The number of carbonyl (C=O) groups excluding carboxylic acids is 2. The minimum absolute atomic E-state index is 0.0481. The molecule has 0 radical (unpaired) electrons. The largest absolute Gasteiger partial charge is 0.336 e. The highest BCUT2D eigenvalue weighted by Gasteiger charge is 2.39. The van der Waals surface area contributed by atoms with E-state index >= 15 is 0 Å². The summed E-state index contributed by atoms with van der Waals surface area (Å²) in [6, 6.07) is 21.6. The van der Waals surface area contributed by atoms with E-state index in [-0.39, 0.29) is 11.8 Å². The van der Waals surface area contributed by atoms with E-state index in [0.29, 0.717) is 30.8 Å². The number of fused-ring (bicyclic) bond motifs is 1. The number of amides is 2. The van der Waals surface area contributed by atoms with Crippen LogP contribution in [0.5, 0.6) is 0 Å². The van der Waals surface area contributed by atoms with Gasteiger partial charge in [0.1, 0.15) is 6.04 Å². The average Bonchev–Trinajstić information content (AvgIpc) is 3.32. The van der Waals surface area contributed by atoms with E-state index in [1.54, 1.807) is 11.1 Å². The van der Waals surface area contributed by atoms with Crippen LogP contribution in [0, 0.1) is 13.8 Å². The van der Waals surface area contributed by atoms with Crippen LogP contribution >= 0.6 is 0 Å². The zero-order valence-electron chi connectivity index (χ0n) is 21.0. The van der Waals surface area contributed by atoms with Crippen LogP contribution in [0.4, 0.5) is 0 Å². The van der Waals surface area contributed by atoms with Crippen LogP contribution in [0.15, 0.2) is 78.6 Å². The summed E-state index contributed by atoms with van der Waals surface area (Å²) in [4.78, 5) is 36.6. The Kier molecular flexibility index (Phi) is 6.61. The van der Waals surface area contributed by atoms with Crippen molar-refractivity contribution in [1.82, 2.24) is 15.3 Å². The lowest BCUT2D eigenvalue weighted by molar-refractivity contribution is -0.136. The Morgan fingerprint density at radius 3 is 2.36 bits per heavy atom. The lowest BCUT2D eigenvalue weighted by Crippen LogP contribution is -2.48. The SMILES string of the molecule is CONC1=CN(C(=O)c2c(C)cccc2-c2ccccc2C)C(C(=O)N2CCc3ccccc3C2)C1. The minimum atomic E-state index is -0.635. The molecule has 36 heavy (non-hydrogen) atoms. The molecule has 184 valence electrons. The number of rotatable bonds is 5. The van der Waals surface area contributed by atoms with E-state index in [1.807, 2.05) is 73.3 Å². The smallest absolute Gasteiger partial charge is 0.259 e. The van der Waals surface area contributed by atoms with Crippen molar-refractivity contribution in [3.05, 3.63) is 106 Å². The second kappa shape index (κ2) is 9.99.